The lowest BCUT2D eigenvalue weighted by Crippen LogP contribution is -2.35. The van der Waals surface area contributed by atoms with Crippen molar-refractivity contribution in [3.05, 3.63) is 53.3 Å². The molecule has 4 nitrogen and oxygen atoms in total. The predicted molar refractivity (Wildman–Crippen MR) is 86.0 cm³/mol. The average Bonchev–Trinajstić information content (AvgIpc) is 2.74. The highest BCUT2D eigenvalue weighted by molar-refractivity contribution is 5.73. The molecule has 0 aliphatic carbocycles. The smallest absolute Gasteiger partial charge is 0.316 e. The second-order valence-corrected chi connectivity index (χ2v) is 5.44. The van der Waals surface area contributed by atoms with Crippen molar-refractivity contribution in [2.75, 3.05) is 20.6 Å². The SMILES string of the molecule is Cc1cc(CCNC(=O)N(C)C)c(C)n1-c1ccccc1. The number of hydrogen-bond acceptors (Lipinski definition) is 1. The number of carbonyl (C=O) groups is 1. The zero-order valence-corrected chi connectivity index (χ0v) is 13.2. The summed E-state index contributed by atoms with van der Waals surface area (Å²) < 4.78 is 2.25. The van der Waals surface area contributed by atoms with Crippen LogP contribution >= 0.6 is 0 Å². The van der Waals surface area contributed by atoms with E-state index in [2.05, 4.69) is 41.9 Å². The molecule has 2 rings (SSSR count). The number of nitrogens with one attached hydrogen (secondary N) is 1. The van der Waals surface area contributed by atoms with Crippen LogP contribution in [0.4, 0.5) is 4.79 Å². The molecule has 1 aromatic heterocycles. The van der Waals surface area contributed by atoms with E-state index in [9.17, 15) is 4.79 Å². The molecule has 0 unspecified atom stereocenters. The van der Waals surface area contributed by atoms with Gasteiger partial charge in [-0.05, 0) is 44.0 Å². The fraction of sp³-hybridized carbons (Fsp3) is 0.353. The molecule has 2 aromatic rings. The van der Waals surface area contributed by atoms with Gasteiger partial charge in [-0.3, -0.25) is 0 Å². The van der Waals surface area contributed by atoms with Gasteiger partial charge in [-0.15, -0.1) is 0 Å². The Labute approximate surface area is 126 Å². The molecule has 2 amide bonds. The van der Waals surface area contributed by atoms with E-state index in [4.69, 9.17) is 0 Å². The molecule has 0 aliphatic rings. The van der Waals surface area contributed by atoms with Crippen molar-refractivity contribution in [1.82, 2.24) is 14.8 Å². The molecule has 0 atom stereocenters. The Morgan fingerprint density at radius 3 is 2.48 bits per heavy atom. The highest BCUT2D eigenvalue weighted by Gasteiger charge is 2.10. The Kier molecular flexibility index (Phi) is 4.68. The van der Waals surface area contributed by atoms with Crippen LogP contribution in [0.3, 0.4) is 0 Å². The molecule has 1 heterocycles. The summed E-state index contributed by atoms with van der Waals surface area (Å²) in [5.74, 6) is 0. The van der Waals surface area contributed by atoms with E-state index in [0.717, 1.165) is 6.42 Å². The van der Waals surface area contributed by atoms with E-state index < -0.39 is 0 Å². The maximum Gasteiger partial charge on any atom is 0.316 e. The molecule has 0 saturated heterocycles. The third kappa shape index (κ3) is 3.45. The summed E-state index contributed by atoms with van der Waals surface area (Å²) in [6.45, 7) is 4.89. The first kappa shape index (κ1) is 15.2. The first-order valence-electron chi connectivity index (χ1n) is 7.19. The molecule has 1 aromatic carbocycles. The van der Waals surface area contributed by atoms with E-state index in [0.29, 0.717) is 6.54 Å². The molecule has 21 heavy (non-hydrogen) atoms. The van der Waals surface area contributed by atoms with Crippen molar-refractivity contribution >= 4 is 6.03 Å². The first-order chi connectivity index (χ1) is 10.0. The van der Waals surface area contributed by atoms with Gasteiger partial charge in [-0.1, -0.05) is 18.2 Å². The van der Waals surface area contributed by atoms with Crippen LogP contribution in [0.15, 0.2) is 36.4 Å². The number of hydrogen-bond donors (Lipinski definition) is 1. The third-order valence-electron chi connectivity index (χ3n) is 3.63. The number of amides is 2. The van der Waals surface area contributed by atoms with Crippen molar-refractivity contribution in [1.29, 1.82) is 0 Å². The number of nitrogens with zero attached hydrogens (tertiary/aromatic N) is 2. The molecule has 4 heteroatoms. The highest BCUT2D eigenvalue weighted by Crippen LogP contribution is 2.20. The molecule has 112 valence electrons. The Bertz CT molecular complexity index is 614. The standard InChI is InChI=1S/C17H23N3O/c1-13-12-15(10-11-18-17(21)19(3)4)14(2)20(13)16-8-6-5-7-9-16/h5-9,12H,10-11H2,1-4H3,(H,18,21). The Morgan fingerprint density at radius 2 is 1.86 bits per heavy atom. The molecule has 0 aliphatic heterocycles. The van der Waals surface area contributed by atoms with Crippen LogP contribution in [0.5, 0.6) is 0 Å². The number of aryl methyl sites for hydroxylation is 1. The maximum absolute atomic E-state index is 11.5. The molecular formula is C17H23N3O. The van der Waals surface area contributed by atoms with Crippen molar-refractivity contribution in [3.8, 4) is 5.69 Å². The minimum Gasteiger partial charge on any atom is -0.338 e. The van der Waals surface area contributed by atoms with Crippen molar-refractivity contribution in [2.45, 2.75) is 20.3 Å². The highest BCUT2D eigenvalue weighted by atomic mass is 16.2. The van der Waals surface area contributed by atoms with Gasteiger partial charge in [-0.2, -0.15) is 0 Å². The fourth-order valence-corrected chi connectivity index (χ4v) is 2.52. The van der Waals surface area contributed by atoms with Crippen molar-refractivity contribution in [2.24, 2.45) is 0 Å². The summed E-state index contributed by atoms with van der Waals surface area (Å²) in [6, 6.07) is 12.5. The van der Waals surface area contributed by atoms with Gasteiger partial charge < -0.3 is 14.8 Å². The topological polar surface area (TPSA) is 37.3 Å². The molecule has 0 radical (unpaired) electrons. The van der Waals surface area contributed by atoms with Gasteiger partial charge in [0.1, 0.15) is 0 Å². The van der Waals surface area contributed by atoms with Crippen LogP contribution in [0.2, 0.25) is 0 Å². The van der Waals surface area contributed by atoms with Crippen LogP contribution < -0.4 is 5.32 Å². The first-order valence-corrected chi connectivity index (χ1v) is 7.19. The lowest BCUT2D eigenvalue weighted by molar-refractivity contribution is 0.217. The minimum atomic E-state index is -0.0492. The molecule has 0 saturated carbocycles. The summed E-state index contributed by atoms with van der Waals surface area (Å²) >= 11 is 0. The second kappa shape index (κ2) is 6.48. The van der Waals surface area contributed by atoms with E-state index >= 15 is 0 Å². The summed E-state index contributed by atoms with van der Waals surface area (Å²) in [7, 11) is 3.49. The summed E-state index contributed by atoms with van der Waals surface area (Å²) in [4.78, 5) is 13.1. The summed E-state index contributed by atoms with van der Waals surface area (Å²) in [6.07, 6.45) is 0.839. The quantitative estimate of drug-likeness (QED) is 0.921. The molecule has 0 bridgehead atoms. The number of carbonyl (C=O) groups excluding carboxylic acids is 1. The summed E-state index contributed by atoms with van der Waals surface area (Å²) in [5, 5.41) is 2.90. The largest absolute Gasteiger partial charge is 0.338 e. The molecule has 0 fully saturated rings. The predicted octanol–water partition coefficient (Wildman–Crippen LogP) is 2.91. The summed E-state index contributed by atoms with van der Waals surface area (Å²) in [5.41, 5.74) is 4.90. The number of rotatable bonds is 4. The number of benzene rings is 1. The number of aromatic nitrogens is 1. The maximum atomic E-state index is 11.5. The zero-order valence-electron chi connectivity index (χ0n) is 13.2. The van der Waals surface area contributed by atoms with Crippen molar-refractivity contribution < 1.29 is 4.79 Å². The van der Waals surface area contributed by atoms with Gasteiger partial charge in [0.2, 0.25) is 0 Å². The van der Waals surface area contributed by atoms with E-state index in [-0.39, 0.29) is 6.03 Å². The Hall–Kier alpha value is -2.23. The van der Waals surface area contributed by atoms with Crippen LogP contribution in [0, 0.1) is 13.8 Å². The minimum absolute atomic E-state index is 0.0492. The van der Waals surface area contributed by atoms with E-state index in [1.807, 2.05) is 18.2 Å². The van der Waals surface area contributed by atoms with Crippen LogP contribution in [-0.4, -0.2) is 36.1 Å². The van der Waals surface area contributed by atoms with E-state index in [1.54, 1.807) is 19.0 Å². The average molecular weight is 285 g/mol. The second-order valence-electron chi connectivity index (χ2n) is 5.44. The Balaban J connectivity index is 2.11. The van der Waals surface area contributed by atoms with Crippen LogP contribution in [0.25, 0.3) is 5.69 Å². The number of para-hydroxylation sites is 1. The van der Waals surface area contributed by atoms with Gasteiger partial charge in [0.25, 0.3) is 0 Å². The normalized spacial score (nSPS) is 10.5. The van der Waals surface area contributed by atoms with Crippen LogP contribution in [0.1, 0.15) is 17.0 Å². The Morgan fingerprint density at radius 1 is 1.19 bits per heavy atom. The fourth-order valence-electron chi connectivity index (χ4n) is 2.52. The van der Waals surface area contributed by atoms with Gasteiger partial charge in [-0.25, -0.2) is 4.79 Å². The van der Waals surface area contributed by atoms with Gasteiger partial charge in [0.15, 0.2) is 0 Å². The lowest BCUT2D eigenvalue weighted by atomic mass is 10.2. The van der Waals surface area contributed by atoms with Crippen LogP contribution in [-0.2, 0) is 6.42 Å². The van der Waals surface area contributed by atoms with Gasteiger partial charge in [0.05, 0.1) is 0 Å². The monoisotopic (exact) mass is 285 g/mol. The van der Waals surface area contributed by atoms with Gasteiger partial charge in [0, 0.05) is 37.7 Å². The van der Waals surface area contributed by atoms with Crippen molar-refractivity contribution in [3.63, 3.8) is 0 Å². The lowest BCUT2D eigenvalue weighted by Gasteiger charge is -2.12. The molecule has 1 N–H and O–H groups in total. The molecular weight excluding hydrogens is 262 g/mol. The van der Waals surface area contributed by atoms with Gasteiger partial charge >= 0.3 is 6.03 Å². The zero-order chi connectivity index (χ0) is 15.4. The number of urea groups is 1. The third-order valence-corrected chi connectivity index (χ3v) is 3.63. The van der Waals surface area contributed by atoms with E-state index in [1.165, 1.54) is 22.6 Å². The molecule has 0 spiro atoms.